The van der Waals surface area contributed by atoms with E-state index in [-0.39, 0.29) is 0 Å². The minimum atomic E-state index is 0.956. The van der Waals surface area contributed by atoms with Crippen molar-refractivity contribution in [1.29, 1.82) is 0 Å². The SMILES string of the molecule is C1=C=CC(C2=C=C=C=C2)=C=1. The summed E-state index contributed by atoms with van der Waals surface area (Å²) in [7, 11) is 0. The van der Waals surface area contributed by atoms with Crippen LogP contribution in [-0.4, -0.2) is 0 Å². The monoisotopic (exact) mass is 122 g/mol. The lowest BCUT2D eigenvalue weighted by Crippen LogP contribution is -1.73. The molecule has 0 saturated heterocycles. The fourth-order valence-electron chi connectivity index (χ4n) is 0.786. The zero-order chi connectivity index (χ0) is 6.81. The number of hydrogen-bond acceptors (Lipinski definition) is 0. The van der Waals surface area contributed by atoms with Crippen LogP contribution in [0, 0.1) is 0 Å². The van der Waals surface area contributed by atoms with Crippen LogP contribution in [0.4, 0.5) is 0 Å². The van der Waals surface area contributed by atoms with E-state index in [2.05, 4.69) is 34.4 Å². The van der Waals surface area contributed by atoms with Crippen LogP contribution in [0.5, 0.6) is 0 Å². The second-order valence-corrected chi connectivity index (χ2v) is 1.90. The molecule has 0 atom stereocenters. The van der Waals surface area contributed by atoms with Crippen LogP contribution in [0.3, 0.4) is 0 Å². The molecule has 0 spiro atoms. The molecule has 0 radical (unpaired) electrons. The van der Waals surface area contributed by atoms with Crippen molar-refractivity contribution in [3.63, 3.8) is 0 Å². The largest absolute Gasteiger partial charge is 0.0601 e. The third-order valence-corrected chi connectivity index (χ3v) is 1.26. The Morgan fingerprint density at radius 2 is 1.30 bits per heavy atom. The smallest absolute Gasteiger partial charge is 0.0502 e. The summed E-state index contributed by atoms with van der Waals surface area (Å²) in [4.78, 5) is 0. The second kappa shape index (κ2) is 1.84. The van der Waals surface area contributed by atoms with Gasteiger partial charge in [0.15, 0.2) is 0 Å². The summed E-state index contributed by atoms with van der Waals surface area (Å²) in [6, 6.07) is 0. The molecule has 2 aliphatic carbocycles. The Morgan fingerprint density at radius 1 is 0.800 bits per heavy atom. The average Bonchev–Trinajstić information content (AvgIpc) is 2.59. The van der Waals surface area contributed by atoms with Gasteiger partial charge in [-0.1, -0.05) is 22.9 Å². The predicted molar refractivity (Wildman–Crippen MR) is 37.2 cm³/mol. The lowest BCUT2D eigenvalue weighted by molar-refractivity contribution is 1.63. The molecule has 2 rings (SSSR count). The first kappa shape index (κ1) is 4.99. The van der Waals surface area contributed by atoms with E-state index in [9.17, 15) is 0 Å². The van der Waals surface area contributed by atoms with Gasteiger partial charge in [0.1, 0.15) is 0 Å². The van der Waals surface area contributed by atoms with Crippen molar-refractivity contribution < 1.29 is 0 Å². The summed E-state index contributed by atoms with van der Waals surface area (Å²) in [6.45, 7) is 0. The Morgan fingerprint density at radius 3 is 1.60 bits per heavy atom. The molecule has 0 saturated carbocycles. The predicted octanol–water partition coefficient (Wildman–Crippen LogP) is 1.80. The molecule has 2 aliphatic rings. The van der Waals surface area contributed by atoms with Crippen molar-refractivity contribution in [3.8, 4) is 0 Å². The molecule has 0 nitrogen and oxygen atoms in total. The molecule has 0 bridgehead atoms. The second-order valence-electron chi connectivity index (χ2n) is 1.90. The standard InChI is InChI=1S/C10H2/c1-2-6-9(5-1)10-7-3-4-8-10/h5,7H. The zero-order valence-electron chi connectivity index (χ0n) is 5.15. The molecule has 42 valence electrons. The summed E-state index contributed by atoms with van der Waals surface area (Å²) in [6.07, 6.45) is 3.63. The van der Waals surface area contributed by atoms with Gasteiger partial charge in [-0.15, -0.1) is 0 Å². The van der Waals surface area contributed by atoms with Gasteiger partial charge in [-0.05, 0) is 11.5 Å². The Labute approximate surface area is 58.5 Å². The molecule has 0 unspecified atom stereocenters. The van der Waals surface area contributed by atoms with Gasteiger partial charge in [0.25, 0.3) is 0 Å². The molecule has 0 aliphatic heterocycles. The highest BCUT2D eigenvalue weighted by atomic mass is 14.0. The lowest BCUT2D eigenvalue weighted by Gasteiger charge is -1.86. The highest BCUT2D eigenvalue weighted by Crippen LogP contribution is 2.12. The zero-order valence-corrected chi connectivity index (χ0v) is 5.15. The summed E-state index contributed by atoms with van der Waals surface area (Å²) in [5, 5.41) is 0. The van der Waals surface area contributed by atoms with Crippen LogP contribution in [0.25, 0.3) is 0 Å². The quantitative estimate of drug-likeness (QED) is 0.465. The highest BCUT2D eigenvalue weighted by molar-refractivity contribution is 5.48. The van der Waals surface area contributed by atoms with E-state index in [0.29, 0.717) is 0 Å². The fourth-order valence-corrected chi connectivity index (χ4v) is 0.786. The third-order valence-electron chi connectivity index (χ3n) is 1.26. The van der Waals surface area contributed by atoms with Crippen LogP contribution in [0.15, 0.2) is 57.7 Å². The summed E-state index contributed by atoms with van der Waals surface area (Å²) < 4.78 is 0. The molecule has 0 aromatic carbocycles. The molecular formula is C10H2. The minimum Gasteiger partial charge on any atom is -0.0601 e. The molecule has 0 fully saturated rings. The number of allylic oxidation sites excluding steroid dienone is 4. The van der Waals surface area contributed by atoms with Gasteiger partial charge in [-0.25, -0.2) is 0 Å². The first-order chi connectivity index (χ1) is 4.97. The number of rotatable bonds is 1. The maximum Gasteiger partial charge on any atom is 0.0502 e. The molecule has 0 aromatic heterocycles. The van der Waals surface area contributed by atoms with Gasteiger partial charge >= 0.3 is 0 Å². The van der Waals surface area contributed by atoms with Crippen molar-refractivity contribution in [1.82, 2.24) is 0 Å². The van der Waals surface area contributed by atoms with E-state index in [0.717, 1.165) is 11.1 Å². The Kier molecular flexibility index (Phi) is 0.916. The van der Waals surface area contributed by atoms with Gasteiger partial charge in [0.2, 0.25) is 0 Å². The van der Waals surface area contributed by atoms with Crippen LogP contribution in [0.2, 0.25) is 0 Å². The van der Waals surface area contributed by atoms with E-state index in [1.165, 1.54) is 0 Å². The first-order valence-corrected chi connectivity index (χ1v) is 2.90. The maximum atomic E-state index is 2.89. The lowest BCUT2D eigenvalue weighted by atomic mass is 10.1. The van der Waals surface area contributed by atoms with E-state index < -0.39 is 0 Å². The summed E-state index contributed by atoms with van der Waals surface area (Å²) in [5.41, 5.74) is 18.7. The topological polar surface area (TPSA) is 0 Å². The molecular weight excluding hydrogens is 120 g/mol. The van der Waals surface area contributed by atoms with E-state index in [1.54, 1.807) is 0 Å². The van der Waals surface area contributed by atoms with Crippen molar-refractivity contribution >= 4 is 0 Å². The molecule has 0 amide bonds. The van der Waals surface area contributed by atoms with Gasteiger partial charge in [0, 0.05) is 12.2 Å². The van der Waals surface area contributed by atoms with Crippen LogP contribution in [-0.2, 0) is 0 Å². The third kappa shape index (κ3) is 0.628. The van der Waals surface area contributed by atoms with Gasteiger partial charge in [-0.3, -0.25) is 0 Å². The van der Waals surface area contributed by atoms with Crippen LogP contribution in [0.1, 0.15) is 0 Å². The summed E-state index contributed by atoms with van der Waals surface area (Å²) in [5.74, 6) is 0. The molecule has 0 aromatic rings. The normalized spacial score (nSPS) is 15.2. The Bertz CT molecular complexity index is 402. The van der Waals surface area contributed by atoms with Crippen molar-refractivity contribution in [3.05, 3.63) is 57.7 Å². The highest BCUT2D eigenvalue weighted by Gasteiger charge is 1.98. The van der Waals surface area contributed by atoms with Gasteiger partial charge in [-0.2, -0.15) is 0 Å². The van der Waals surface area contributed by atoms with Crippen molar-refractivity contribution in [2.75, 3.05) is 0 Å². The fraction of sp³-hybridized carbons (Fsp3) is 0. The van der Waals surface area contributed by atoms with E-state index in [1.807, 2.05) is 12.2 Å². The van der Waals surface area contributed by atoms with E-state index in [4.69, 9.17) is 0 Å². The van der Waals surface area contributed by atoms with Crippen LogP contribution >= 0.6 is 0 Å². The first-order valence-electron chi connectivity index (χ1n) is 2.90. The Balaban J connectivity index is 2.53. The Hall–Kier alpha value is -1.84. The van der Waals surface area contributed by atoms with Crippen LogP contribution < -0.4 is 0 Å². The van der Waals surface area contributed by atoms with Gasteiger partial charge < -0.3 is 0 Å². The average molecular weight is 122 g/mol. The molecule has 0 N–H and O–H groups in total. The maximum absolute atomic E-state index is 2.89. The van der Waals surface area contributed by atoms with E-state index >= 15 is 0 Å². The molecule has 0 heteroatoms. The summed E-state index contributed by atoms with van der Waals surface area (Å²) >= 11 is 0. The van der Waals surface area contributed by atoms with Crippen molar-refractivity contribution in [2.24, 2.45) is 0 Å². The van der Waals surface area contributed by atoms with Gasteiger partial charge in [0.05, 0.1) is 11.1 Å². The molecule has 0 heterocycles. The van der Waals surface area contributed by atoms with Crippen molar-refractivity contribution in [2.45, 2.75) is 0 Å². The number of hydrogen-bond donors (Lipinski definition) is 0. The minimum absolute atomic E-state index is 0.956. The molecule has 10 heavy (non-hydrogen) atoms.